The van der Waals surface area contributed by atoms with Crippen LogP contribution >= 0.6 is 0 Å². The second-order valence-corrected chi connectivity index (χ2v) is 9.01. The number of sulfonamides is 1. The Morgan fingerprint density at radius 2 is 1.68 bits per heavy atom. The predicted octanol–water partition coefficient (Wildman–Crippen LogP) is 4.91. The van der Waals surface area contributed by atoms with Gasteiger partial charge in [-0.3, -0.25) is 9.52 Å². The molecule has 0 spiro atoms. The Morgan fingerprint density at radius 3 is 2.32 bits per heavy atom. The van der Waals surface area contributed by atoms with Crippen molar-refractivity contribution in [3.05, 3.63) is 94.8 Å². The van der Waals surface area contributed by atoms with Crippen LogP contribution in [0.15, 0.2) is 71.6 Å². The van der Waals surface area contributed by atoms with Crippen molar-refractivity contribution in [2.24, 2.45) is 0 Å². The van der Waals surface area contributed by atoms with E-state index in [-0.39, 0.29) is 23.2 Å². The van der Waals surface area contributed by atoms with E-state index in [2.05, 4.69) is 4.72 Å². The number of carbonyl (C=O) groups is 1. The lowest BCUT2D eigenvalue weighted by Crippen LogP contribution is -2.30. The lowest BCUT2D eigenvalue weighted by atomic mass is 10.1. The molecule has 0 saturated carbocycles. The molecule has 1 N–H and O–H groups in total. The summed E-state index contributed by atoms with van der Waals surface area (Å²) in [6.07, 6.45) is 0. The van der Waals surface area contributed by atoms with Crippen molar-refractivity contribution in [1.29, 1.82) is 0 Å². The van der Waals surface area contributed by atoms with E-state index in [4.69, 9.17) is 0 Å². The molecule has 0 aliphatic carbocycles. The minimum Gasteiger partial charge on any atom is -0.335 e. The number of nitrogens with one attached hydrogen (secondary N) is 1. The Morgan fingerprint density at radius 1 is 1.00 bits per heavy atom. The van der Waals surface area contributed by atoms with E-state index in [0.29, 0.717) is 23.4 Å². The number of amides is 1. The topological polar surface area (TPSA) is 66.5 Å². The van der Waals surface area contributed by atoms with Gasteiger partial charge in [-0.2, -0.15) is 0 Å². The Balaban J connectivity index is 1.77. The summed E-state index contributed by atoms with van der Waals surface area (Å²) in [6.45, 7) is 6.30. The molecule has 5 nitrogen and oxygen atoms in total. The maximum Gasteiger partial charge on any atom is 0.261 e. The van der Waals surface area contributed by atoms with E-state index in [1.807, 2.05) is 26.8 Å². The van der Waals surface area contributed by atoms with Crippen LogP contribution < -0.4 is 4.72 Å². The van der Waals surface area contributed by atoms with Gasteiger partial charge in [-0.05, 0) is 79.9 Å². The lowest BCUT2D eigenvalue weighted by Gasteiger charge is -2.21. The summed E-state index contributed by atoms with van der Waals surface area (Å²) >= 11 is 0. The van der Waals surface area contributed by atoms with Crippen LogP contribution in [0.3, 0.4) is 0 Å². The van der Waals surface area contributed by atoms with Crippen LogP contribution in [-0.2, 0) is 16.6 Å². The van der Waals surface area contributed by atoms with Gasteiger partial charge in [0.05, 0.1) is 10.6 Å². The van der Waals surface area contributed by atoms with E-state index >= 15 is 0 Å². The fraction of sp³-hybridized carbons (Fsp3) is 0.208. The molecule has 0 atom stereocenters. The third-order valence-corrected chi connectivity index (χ3v) is 6.57. The van der Waals surface area contributed by atoms with Gasteiger partial charge in [0.1, 0.15) is 5.82 Å². The molecule has 0 aliphatic rings. The molecule has 3 aromatic carbocycles. The Bertz CT molecular complexity index is 1190. The Labute approximate surface area is 182 Å². The standard InChI is InChI=1S/C24H25FN2O3S/c1-4-27(16-19-8-6-9-21(25)15-19)24(28)20-11-13-22(14-12-20)31(29,30)26-23-10-5-7-17(2)18(23)3/h5-15,26H,4,16H2,1-3H3. The number of hydrogen-bond acceptors (Lipinski definition) is 3. The molecule has 7 heteroatoms. The van der Waals surface area contributed by atoms with Crippen molar-refractivity contribution in [3.63, 3.8) is 0 Å². The monoisotopic (exact) mass is 440 g/mol. The van der Waals surface area contributed by atoms with E-state index in [0.717, 1.165) is 11.1 Å². The fourth-order valence-corrected chi connectivity index (χ4v) is 4.33. The smallest absolute Gasteiger partial charge is 0.261 e. The zero-order valence-electron chi connectivity index (χ0n) is 17.7. The summed E-state index contributed by atoms with van der Waals surface area (Å²) in [6, 6.07) is 17.3. The van der Waals surface area contributed by atoms with Gasteiger partial charge in [0.15, 0.2) is 0 Å². The SMILES string of the molecule is CCN(Cc1cccc(F)c1)C(=O)c1ccc(S(=O)(=O)Nc2cccc(C)c2C)cc1. The molecular formula is C24H25FN2O3S. The number of anilines is 1. The molecule has 1 amide bonds. The van der Waals surface area contributed by atoms with Gasteiger partial charge in [0.25, 0.3) is 15.9 Å². The van der Waals surface area contributed by atoms with E-state index in [9.17, 15) is 17.6 Å². The summed E-state index contributed by atoms with van der Waals surface area (Å²) < 4.78 is 41.6. The average molecular weight is 441 g/mol. The second-order valence-electron chi connectivity index (χ2n) is 7.33. The van der Waals surface area contributed by atoms with Crippen molar-refractivity contribution in [1.82, 2.24) is 4.90 Å². The molecule has 0 saturated heterocycles. The Hall–Kier alpha value is -3.19. The minimum atomic E-state index is -3.79. The van der Waals surface area contributed by atoms with Crippen molar-refractivity contribution < 1.29 is 17.6 Å². The summed E-state index contributed by atoms with van der Waals surface area (Å²) in [5.41, 5.74) is 3.41. The highest BCUT2D eigenvalue weighted by Crippen LogP contribution is 2.22. The Kier molecular flexibility index (Phi) is 6.75. The van der Waals surface area contributed by atoms with Crippen LogP contribution in [0.2, 0.25) is 0 Å². The van der Waals surface area contributed by atoms with Crippen LogP contribution in [-0.4, -0.2) is 25.8 Å². The number of aryl methyl sites for hydroxylation is 1. The van der Waals surface area contributed by atoms with Crippen molar-refractivity contribution in [2.75, 3.05) is 11.3 Å². The van der Waals surface area contributed by atoms with Crippen LogP contribution in [0.5, 0.6) is 0 Å². The lowest BCUT2D eigenvalue weighted by molar-refractivity contribution is 0.0752. The first kappa shape index (κ1) is 22.5. The fourth-order valence-electron chi connectivity index (χ4n) is 3.21. The van der Waals surface area contributed by atoms with Gasteiger partial charge >= 0.3 is 0 Å². The van der Waals surface area contributed by atoms with Gasteiger partial charge in [0, 0.05) is 18.7 Å². The van der Waals surface area contributed by atoms with Crippen molar-refractivity contribution in [3.8, 4) is 0 Å². The summed E-state index contributed by atoms with van der Waals surface area (Å²) in [5.74, 6) is -0.606. The number of nitrogens with zero attached hydrogens (tertiary/aromatic N) is 1. The first-order chi connectivity index (χ1) is 14.7. The molecule has 0 radical (unpaired) electrons. The molecule has 0 unspecified atom stereocenters. The van der Waals surface area contributed by atoms with Gasteiger partial charge < -0.3 is 4.90 Å². The summed E-state index contributed by atoms with van der Waals surface area (Å²) in [4.78, 5) is 14.5. The zero-order valence-corrected chi connectivity index (χ0v) is 18.5. The van der Waals surface area contributed by atoms with Gasteiger partial charge in [-0.25, -0.2) is 12.8 Å². The highest BCUT2D eigenvalue weighted by atomic mass is 32.2. The largest absolute Gasteiger partial charge is 0.335 e. The first-order valence-corrected chi connectivity index (χ1v) is 11.4. The van der Waals surface area contributed by atoms with Crippen LogP contribution in [0, 0.1) is 19.7 Å². The molecule has 0 aromatic heterocycles. The number of carbonyl (C=O) groups excluding carboxylic acids is 1. The maximum atomic E-state index is 13.4. The normalized spacial score (nSPS) is 11.2. The molecule has 3 rings (SSSR count). The van der Waals surface area contributed by atoms with E-state index in [1.165, 1.54) is 36.4 Å². The second kappa shape index (κ2) is 9.31. The highest BCUT2D eigenvalue weighted by molar-refractivity contribution is 7.92. The van der Waals surface area contributed by atoms with Crippen molar-refractivity contribution in [2.45, 2.75) is 32.2 Å². The predicted molar refractivity (Wildman–Crippen MR) is 120 cm³/mol. The quantitative estimate of drug-likeness (QED) is 0.568. The average Bonchev–Trinajstić information content (AvgIpc) is 2.75. The minimum absolute atomic E-state index is 0.0677. The summed E-state index contributed by atoms with van der Waals surface area (Å²) in [5, 5.41) is 0. The first-order valence-electron chi connectivity index (χ1n) is 9.94. The highest BCUT2D eigenvalue weighted by Gasteiger charge is 2.19. The molecule has 0 bridgehead atoms. The number of hydrogen-bond donors (Lipinski definition) is 1. The third-order valence-electron chi connectivity index (χ3n) is 5.19. The molecule has 0 fully saturated rings. The van der Waals surface area contributed by atoms with Gasteiger partial charge in [-0.1, -0.05) is 24.3 Å². The van der Waals surface area contributed by atoms with Crippen molar-refractivity contribution >= 4 is 21.6 Å². The third kappa shape index (κ3) is 5.30. The molecule has 3 aromatic rings. The zero-order chi connectivity index (χ0) is 22.6. The maximum absolute atomic E-state index is 13.4. The number of benzene rings is 3. The van der Waals surface area contributed by atoms with E-state index in [1.54, 1.807) is 29.2 Å². The van der Waals surface area contributed by atoms with Gasteiger partial charge in [-0.15, -0.1) is 0 Å². The molecular weight excluding hydrogens is 415 g/mol. The van der Waals surface area contributed by atoms with Crippen LogP contribution in [0.4, 0.5) is 10.1 Å². The number of halogens is 1. The molecule has 0 aliphatic heterocycles. The van der Waals surface area contributed by atoms with Crippen LogP contribution in [0.25, 0.3) is 0 Å². The molecule has 0 heterocycles. The van der Waals surface area contributed by atoms with Gasteiger partial charge in [0.2, 0.25) is 0 Å². The molecule has 162 valence electrons. The molecule has 31 heavy (non-hydrogen) atoms. The number of rotatable bonds is 7. The van der Waals surface area contributed by atoms with E-state index < -0.39 is 10.0 Å². The summed E-state index contributed by atoms with van der Waals surface area (Å²) in [7, 11) is -3.79. The van der Waals surface area contributed by atoms with Crippen LogP contribution in [0.1, 0.15) is 34.0 Å².